The van der Waals surface area contributed by atoms with Crippen LogP contribution in [0, 0.1) is 12.8 Å². The van der Waals surface area contributed by atoms with E-state index < -0.39 is 11.9 Å². The number of likely N-dealkylation sites (tertiary alicyclic amines) is 1. The van der Waals surface area contributed by atoms with Crippen LogP contribution in [0.15, 0.2) is 27.2 Å². The molecule has 7 heteroatoms. The molecule has 0 radical (unpaired) electrons. The summed E-state index contributed by atoms with van der Waals surface area (Å²) in [5.41, 5.74) is 0.552. The van der Waals surface area contributed by atoms with Gasteiger partial charge in [-0.05, 0) is 38.8 Å². The number of hydrogen-bond acceptors (Lipinski definition) is 5. The van der Waals surface area contributed by atoms with Crippen molar-refractivity contribution in [2.75, 3.05) is 6.54 Å². The number of furan rings is 1. The number of piperidine rings is 1. The van der Waals surface area contributed by atoms with E-state index in [0.717, 1.165) is 0 Å². The Morgan fingerprint density at radius 3 is 2.88 bits per heavy atom. The third-order valence-corrected chi connectivity index (χ3v) is 4.49. The van der Waals surface area contributed by atoms with Gasteiger partial charge in [-0.15, -0.1) is 0 Å². The van der Waals surface area contributed by atoms with Gasteiger partial charge < -0.3 is 18.8 Å². The summed E-state index contributed by atoms with van der Waals surface area (Å²) in [7, 11) is 0. The van der Waals surface area contributed by atoms with Gasteiger partial charge in [0.15, 0.2) is 5.76 Å². The topological polar surface area (TPSA) is 96.8 Å². The Morgan fingerprint density at radius 2 is 2.21 bits per heavy atom. The summed E-state index contributed by atoms with van der Waals surface area (Å²) < 4.78 is 10.8. The minimum Gasteiger partial charge on any atom is -0.481 e. The molecule has 0 aromatic carbocycles. The number of aliphatic carboxylic acids is 1. The van der Waals surface area contributed by atoms with Crippen molar-refractivity contribution in [3.05, 3.63) is 29.9 Å². The summed E-state index contributed by atoms with van der Waals surface area (Å²) in [6.45, 7) is 3.94. The fraction of sp³-hybridized carbons (Fsp3) is 0.471. The van der Waals surface area contributed by atoms with Crippen molar-refractivity contribution < 1.29 is 23.5 Å². The molecule has 2 unspecified atom stereocenters. The van der Waals surface area contributed by atoms with Crippen molar-refractivity contribution in [3.8, 4) is 11.7 Å². The smallest absolute Gasteiger partial charge is 0.308 e. The summed E-state index contributed by atoms with van der Waals surface area (Å²) in [6, 6.07) is 3.51. The predicted molar refractivity (Wildman–Crippen MR) is 84.2 cm³/mol. The van der Waals surface area contributed by atoms with Crippen LogP contribution in [-0.2, 0) is 16.0 Å². The number of hydrogen-bond donors (Lipinski definition) is 1. The first-order valence-electron chi connectivity index (χ1n) is 7.98. The van der Waals surface area contributed by atoms with Gasteiger partial charge in [0.1, 0.15) is 5.76 Å². The normalized spacial score (nSPS) is 21.0. The number of nitrogens with zero attached hydrogens (tertiary/aromatic N) is 2. The lowest BCUT2D eigenvalue weighted by Crippen LogP contribution is -2.48. The molecule has 128 valence electrons. The number of carbonyl (C=O) groups is 2. The second-order valence-corrected chi connectivity index (χ2v) is 6.18. The summed E-state index contributed by atoms with van der Waals surface area (Å²) >= 11 is 0. The third kappa shape index (κ3) is 3.20. The quantitative estimate of drug-likeness (QED) is 0.924. The average Bonchev–Trinajstić information content (AvgIpc) is 3.18. The number of amides is 1. The number of aryl methyl sites for hydroxylation is 1. The van der Waals surface area contributed by atoms with Gasteiger partial charge in [0.25, 0.3) is 5.89 Å². The number of carbonyl (C=O) groups excluding carboxylic acids is 1. The minimum absolute atomic E-state index is 0.0323. The lowest BCUT2D eigenvalue weighted by Gasteiger charge is -2.36. The first kappa shape index (κ1) is 16.3. The highest BCUT2D eigenvalue weighted by atomic mass is 16.4. The van der Waals surface area contributed by atoms with Crippen molar-refractivity contribution in [1.29, 1.82) is 0 Å². The molecule has 3 heterocycles. The molecule has 1 aliphatic heterocycles. The molecule has 1 saturated heterocycles. The Kier molecular flexibility index (Phi) is 4.42. The van der Waals surface area contributed by atoms with Crippen LogP contribution in [0.1, 0.15) is 31.2 Å². The largest absolute Gasteiger partial charge is 0.481 e. The van der Waals surface area contributed by atoms with E-state index in [-0.39, 0.29) is 24.9 Å². The summed E-state index contributed by atoms with van der Waals surface area (Å²) in [6.07, 6.45) is 2.91. The maximum absolute atomic E-state index is 12.6. The van der Waals surface area contributed by atoms with E-state index in [2.05, 4.69) is 4.98 Å². The lowest BCUT2D eigenvalue weighted by atomic mass is 9.93. The highest BCUT2D eigenvalue weighted by Crippen LogP contribution is 2.25. The molecule has 7 nitrogen and oxygen atoms in total. The van der Waals surface area contributed by atoms with Crippen LogP contribution in [0.25, 0.3) is 11.7 Å². The second-order valence-electron chi connectivity index (χ2n) is 6.18. The van der Waals surface area contributed by atoms with E-state index in [4.69, 9.17) is 8.83 Å². The standard InChI is InChI=1S/C17H20N2O5/c1-10-5-6-12(17(21)22)9-19(10)15(20)8-13-11(2)24-16(18-13)14-4-3-7-23-14/h3-4,7,10,12H,5-6,8-9H2,1-2H3,(H,21,22). The highest BCUT2D eigenvalue weighted by molar-refractivity contribution is 5.80. The highest BCUT2D eigenvalue weighted by Gasteiger charge is 2.33. The van der Waals surface area contributed by atoms with E-state index in [1.807, 2.05) is 6.92 Å². The van der Waals surface area contributed by atoms with E-state index >= 15 is 0 Å². The molecular weight excluding hydrogens is 312 g/mol. The molecule has 1 amide bonds. The zero-order valence-electron chi connectivity index (χ0n) is 13.7. The van der Waals surface area contributed by atoms with E-state index in [9.17, 15) is 14.7 Å². The van der Waals surface area contributed by atoms with Gasteiger partial charge in [0, 0.05) is 12.6 Å². The number of aromatic nitrogens is 1. The molecule has 0 spiro atoms. The predicted octanol–water partition coefficient (Wildman–Crippen LogP) is 2.50. The minimum atomic E-state index is -0.850. The molecule has 0 bridgehead atoms. The Hall–Kier alpha value is -2.57. The molecule has 2 aromatic rings. The fourth-order valence-corrected chi connectivity index (χ4v) is 3.00. The Balaban J connectivity index is 1.73. The lowest BCUT2D eigenvalue weighted by molar-refractivity contribution is -0.147. The molecule has 0 aliphatic carbocycles. The Labute approximate surface area is 139 Å². The Morgan fingerprint density at radius 1 is 1.42 bits per heavy atom. The number of rotatable bonds is 4. The van der Waals surface area contributed by atoms with Gasteiger partial charge in [-0.3, -0.25) is 9.59 Å². The van der Waals surface area contributed by atoms with Crippen molar-refractivity contribution in [2.45, 2.75) is 39.2 Å². The van der Waals surface area contributed by atoms with Gasteiger partial charge in [-0.1, -0.05) is 0 Å². The zero-order chi connectivity index (χ0) is 17.3. The molecule has 24 heavy (non-hydrogen) atoms. The summed E-state index contributed by atoms with van der Waals surface area (Å²) in [4.78, 5) is 29.8. The zero-order valence-corrected chi connectivity index (χ0v) is 13.7. The molecule has 2 aromatic heterocycles. The van der Waals surface area contributed by atoms with Gasteiger partial charge >= 0.3 is 5.97 Å². The van der Waals surface area contributed by atoms with E-state index in [1.54, 1.807) is 24.0 Å². The third-order valence-electron chi connectivity index (χ3n) is 4.49. The molecule has 3 rings (SSSR count). The molecule has 1 fully saturated rings. The van der Waals surface area contributed by atoms with Crippen molar-refractivity contribution in [3.63, 3.8) is 0 Å². The van der Waals surface area contributed by atoms with Crippen molar-refractivity contribution in [1.82, 2.24) is 9.88 Å². The number of carboxylic acid groups (broad SMARTS) is 1. The summed E-state index contributed by atoms with van der Waals surface area (Å²) in [5, 5.41) is 9.19. The Bertz CT molecular complexity index is 734. The average molecular weight is 332 g/mol. The number of carboxylic acids is 1. The van der Waals surface area contributed by atoms with Crippen molar-refractivity contribution in [2.24, 2.45) is 5.92 Å². The van der Waals surface area contributed by atoms with Gasteiger partial charge in [0.2, 0.25) is 5.91 Å². The van der Waals surface area contributed by atoms with Crippen LogP contribution >= 0.6 is 0 Å². The molecular formula is C17H20N2O5. The maximum Gasteiger partial charge on any atom is 0.308 e. The molecule has 2 atom stereocenters. The fourth-order valence-electron chi connectivity index (χ4n) is 3.00. The molecule has 1 aliphatic rings. The first-order chi connectivity index (χ1) is 11.5. The monoisotopic (exact) mass is 332 g/mol. The van der Waals surface area contributed by atoms with Crippen LogP contribution in [0.2, 0.25) is 0 Å². The van der Waals surface area contributed by atoms with E-state index in [1.165, 1.54) is 6.26 Å². The van der Waals surface area contributed by atoms with Crippen LogP contribution < -0.4 is 0 Å². The van der Waals surface area contributed by atoms with Crippen LogP contribution in [0.5, 0.6) is 0 Å². The van der Waals surface area contributed by atoms with Crippen molar-refractivity contribution >= 4 is 11.9 Å². The molecule has 1 N–H and O–H groups in total. The summed E-state index contributed by atoms with van der Waals surface area (Å²) in [5.74, 6) is -0.0609. The SMILES string of the molecule is Cc1oc(-c2ccco2)nc1CC(=O)N1CC(C(=O)O)CCC1C. The second kappa shape index (κ2) is 6.51. The van der Waals surface area contributed by atoms with E-state index in [0.29, 0.717) is 35.9 Å². The maximum atomic E-state index is 12.6. The number of oxazole rings is 1. The van der Waals surface area contributed by atoms with Crippen LogP contribution in [0.4, 0.5) is 0 Å². The molecule has 0 saturated carbocycles. The van der Waals surface area contributed by atoms with Gasteiger partial charge in [0.05, 0.1) is 24.3 Å². The van der Waals surface area contributed by atoms with Crippen LogP contribution in [-0.4, -0.2) is 39.5 Å². The van der Waals surface area contributed by atoms with Crippen LogP contribution in [0.3, 0.4) is 0 Å². The van der Waals surface area contributed by atoms with Gasteiger partial charge in [-0.25, -0.2) is 4.98 Å². The first-order valence-corrected chi connectivity index (χ1v) is 7.98. The van der Waals surface area contributed by atoms with Gasteiger partial charge in [-0.2, -0.15) is 0 Å².